The lowest BCUT2D eigenvalue weighted by Crippen LogP contribution is -2.44. The largest absolute Gasteiger partial charge is 0.444 e. The molecule has 1 aromatic carbocycles. The number of halogens is 2. The first-order valence-corrected chi connectivity index (χ1v) is 21.8. The number of anilines is 2. The van der Waals surface area contributed by atoms with Crippen molar-refractivity contribution in [2.24, 2.45) is 18.9 Å². The number of hydrogen-bond donors (Lipinski definition) is 3. The molecule has 9 rings (SSSR count). The molecule has 4 aliphatic rings. The van der Waals surface area contributed by atoms with Crippen molar-refractivity contribution in [2.75, 3.05) is 43.4 Å². The fourth-order valence-corrected chi connectivity index (χ4v) is 9.30. The number of amides is 3. The summed E-state index contributed by atoms with van der Waals surface area (Å²) in [6, 6.07) is 8.52. The van der Waals surface area contributed by atoms with Crippen LogP contribution < -0.4 is 21.6 Å². The Morgan fingerprint density at radius 2 is 1.87 bits per heavy atom. The number of nitrogens with one attached hydrogen (secondary N) is 3. The van der Waals surface area contributed by atoms with Gasteiger partial charge in [-0.25, -0.2) is 23.5 Å². The van der Waals surface area contributed by atoms with E-state index in [1.165, 1.54) is 29.9 Å². The SMILES string of the molecule is Cn1c(=O)n(C2CCC(=O)NC2=O)c2cccc(CCCO[C@@H]3CCN(C[C@H]4CC[C@H](n5cc(NC(=O)c6coc(-c7ccnc(NCC8CC8)c7)n6)c(C(F)F)n5)CC4)C3)c21. The van der Waals surface area contributed by atoms with E-state index in [2.05, 4.69) is 35.9 Å². The van der Waals surface area contributed by atoms with E-state index < -0.39 is 30.0 Å². The second-order valence-corrected chi connectivity index (χ2v) is 17.2. The van der Waals surface area contributed by atoms with Crippen molar-refractivity contribution in [3.05, 3.63) is 76.4 Å². The van der Waals surface area contributed by atoms with Crippen molar-refractivity contribution in [3.8, 4) is 11.5 Å². The van der Waals surface area contributed by atoms with E-state index in [1.807, 2.05) is 18.2 Å². The second kappa shape index (κ2) is 17.9. The van der Waals surface area contributed by atoms with Gasteiger partial charge in [-0.3, -0.25) is 33.5 Å². The predicted molar refractivity (Wildman–Crippen MR) is 225 cm³/mol. The number of ether oxygens (including phenoxy) is 1. The number of imidazole rings is 1. The third-order valence-electron chi connectivity index (χ3n) is 12.8. The lowest BCUT2D eigenvalue weighted by molar-refractivity contribution is -0.135. The number of imide groups is 1. The third-order valence-corrected chi connectivity index (χ3v) is 12.8. The molecule has 2 saturated carbocycles. The van der Waals surface area contributed by atoms with E-state index in [0.717, 1.165) is 75.8 Å². The number of alkyl halides is 2. The Hall–Kier alpha value is -5.75. The standard InChI is InChI=1S/C44H52F2N10O6/c1-53-39-28(4-2-6-34(39)56(44(53)60)35-13-14-37(57)51-42(35)59)5-3-19-61-31-16-18-54(23-31)22-27-9-11-30(12-10-27)55-24-32(38(52-55)40(45)46)49-41(58)33-25-62-43(50-33)29-15-17-47-36(20-29)48-21-26-7-8-26/h2,4,6,15,17,20,24-27,30-31,35,40H,3,5,7-14,16,18-19,21-23H2,1H3,(H,47,48)(H,49,58)(H,51,57,59)/t27-,30-,31-,35?/m1/s1. The minimum Gasteiger partial charge on any atom is -0.444 e. The number of oxazole rings is 1. The van der Waals surface area contributed by atoms with Crippen molar-refractivity contribution < 1.29 is 32.3 Å². The van der Waals surface area contributed by atoms with Gasteiger partial charge in [-0.05, 0) is 99.8 Å². The van der Waals surface area contributed by atoms with Gasteiger partial charge in [0.2, 0.25) is 17.7 Å². The number of benzene rings is 1. The molecule has 2 saturated heterocycles. The summed E-state index contributed by atoms with van der Waals surface area (Å²) in [4.78, 5) is 61.9. The summed E-state index contributed by atoms with van der Waals surface area (Å²) in [7, 11) is 1.72. The van der Waals surface area contributed by atoms with Crippen molar-refractivity contribution in [3.63, 3.8) is 0 Å². The van der Waals surface area contributed by atoms with Crippen LogP contribution in [-0.2, 0) is 27.8 Å². The third kappa shape index (κ3) is 9.07. The predicted octanol–water partition coefficient (Wildman–Crippen LogP) is 6.03. The molecule has 4 aromatic heterocycles. The van der Waals surface area contributed by atoms with Gasteiger partial charge in [0.15, 0.2) is 11.4 Å². The van der Waals surface area contributed by atoms with Crippen LogP contribution in [0, 0.1) is 11.8 Å². The van der Waals surface area contributed by atoms with Crippen molar-refractivity contribution in [1.82, 2.24) is 39.1 Å². The molecule has 2 atom stereocenters. The van der Waals surface area contributed by atoms with Crippen LogP contribution in [-0.4, -0.2) is 90.4 Å². The highest BCUT2D eigenvalue weighted by Gasteiger charge is 2.33. The summed E-state index contributed by atoms with van der Waals surface area (Å²) in [5, 5.41) is 12.5. The zero-order chi connectivity index (χ0) is 42.9. The maximum absolute atomic E-state index is 14.2. The molecule has 4 fully saturated rings. The Labute approximate surface area is 356 Å². The minimum atomic E-state index is -2.87. The van der Waals surface area contributed by atoms with Gasteiger partial charge in [0.1, 0.15) is 18.1 Å². The normalized spacial score (nSPS) is 22.1. The quantitative estimate of drug-likeness (QED) is 0.0778. The highest BCUT2D eigenvalue weighted by molar-refractivity contribution is 6.03. The zero-order valence-electron chi connectivity index (χ0n) is 34.7. The highest BCUT2D eigenvalue weighted by atomic mass is 19.3. The number of para-hydroxylation sites is 1. The van der Waals surface area contributed by atoms with Gasteiger partial charge < -0.3 is 24.7 Å². The average Bonchev–Trinajstić information content (AvgIpc) is 3.55. The van der Waals surface area contributed by atoms with Crippen LogP contribution in [0.25, 0.3) is 22.5 Å². The number of carbonyl (C=O) groups excluding carboxylic acids is 3. The molecule has 3 amide bonds. The number of rotatable bonds is 16. The Balaban J connectivity index is 0.728. The maximum Gasteiger partial charge on any atom is 0.329 e. The molecule has 5 aromatic rings. The number of nitrogens with zero attached hydrogens (tertiary/aromatic N) is 7. The lowest BCUT2D eigenvalue weighted by atomic mass is 9.86. The first-order valence-electron chi connectivity index (χ1n) is 21.8. The summed E-state index contributed by atoms with van der Waals surface area (Å²) < 4.78 is 45.0. The molecule has 6 heterocycles. The Morgan fingerprint density at radius 1 is 1.05 bits per heavy atom. The van der Waals surface area contributed by atoms with Crippen LogP contribution in [0.3, 0.4) is 0 Å². The number of aryl methyl sites for hydroxylation is 2. The molecule has 0 spiro atoms. The second-order valence-electron chi connectivity index (χ2n) is 17.2. The fourth-order valence-electron chi connectivity index (χ4n) is 9.30. The van der Waals surface area contributed by atoms with E-state index in [-0.39, 0.29) is 47.4 Å². The van der Waals surface area contributed by atoms with E-state index in [0.29, 0.717) is 48.2 Å². The Morgan fingerprint density at radius 3 is 2.66 bits per heavy atom. The smallest absolute Gasteiger partial charge is 0.329 e. The molecule has 2 aliphatic carbocycles. The van der Waals surface area contributed by atoms with Gasteiger partial charge in [-0.15, -0.1) is 0 Å². The number of piperidine rings is 1. The van der Waals surface area contributed by atoms with E-state index in [1.54, 1.807) is 34.6 Å². The monoisotopic (exact) mass is 854 g/mol. The number of carbonyl (C=O) groups is 3. The molecular formula is C44H52F2N10O6. The average molecular weight is 855 g/mol. The van der Waals surface area contributed by atoms with Crippen molar-refractivity contribution in [2.45, 2.75) is 95.2 Å². The summed E-state index contributed by atoms with van der Waals surface area (Å²) in [5.74, 6) is 0.629. The van der Waals surface area contributed by atoms with Gasteiger partial charge in [0.05, 0.1) is 28.9 Å². The topological polar surface area (TPSA) is 183 Å². The van der Waals surface area contributed by atoms with Crippen LogP contribution in [0.1, 0.15) is 104 Å². The van der Waals surface area contributed by atoms with Crippen LogP contribution in [0.4, 0.5) is 20.3 Å². The minimum absolute atomic E-state index is 0.0317. The number of hydrogen-bond acceptors (Lipinski definition) is 11. The van der Waals surface area contributed by atoms with Crippen molar-refractivity contribution >= 4 is 40.3 Å². The fraction of sp³-hybridized carbons (Fsp3) is 0.523. The molecule has 3 N–H and O–H groups in total. The molecule has 2 aliphatic heterocycles. The number of aromatic nitrogens is 6. The molecule has 16 nitrogen and oxygen atoms in total. The molecule has 0 bridgehead atoms. The molecular weight excluding hydrogens is 803 g/mol. The molecule has 1 unspecified atom stereocenters. The number of pyridine rings is 1. The summed E-state index contributed by atoms with van der Waals surface area (Å²) in [6.45, 7) is 4.19. The molecule has 328 valence electrons. The van der Waals surface area contributed by atoms with Crippen molar-refractivity contribution in [1.29, 1.82) is 0 Å². The Bertz CT molecular complexity index is 2500. The maximum atomic E-state index is 14.2. The number of fused-ring (bicyclic) bond motifs is 1. The van der Waals surface area contributed by atoms with Crippen LogP contribution in [0.15, 0.2) is 58.2 Å². The van der Waals surface area contributed by atoms with Crippen LogP contribution in [0.2, 0.25) is 0 Å². The summed E-state index contributed by atoms with van der Waals surface area (Å²) in [6.07, 6.45) is 10.4. The molecule has 62 heavy (non-hydrogen) atoms. The van der Waals surface area contributed by atoms with Gasteiger partial charge in [-0.1, -0.05) is 12.1 Å². The van der Waals surface area contributed by atoms with E-state index in [4.69, 9.17) is 9.15 Å². The zero-order valence-corrected chi connectivity index (χ0v) is 34.7. The summed E-state index contributed by atoms with van der Waals surface area (Å²) in [5.41, 5.74) is 2.31. The highest BCUT2D eigenvalue weighted by Crippen LogP contribution is 2.36. The van der Waals surface area contributed by atoms with Crippen LogP contribution >= 0.6 is 0 Å². The van der Waals surface area contributed by atoms with E-state index in [9.17, 15) is 28.0 Å². The first-order chi connectivity index (χ1) is 30.1. The molecule has 0 radical (unpaired) electrons. The van der Waals surface area contributed by atoms with Gasteiger partial charge in [0.25, 0.3) is 12.3 Å². The van der Waals surface area contributed by atoms with Gasteiger partial charge >= 0.3 is 5.69 Å². The van der Waals surface area contributed by atoms with Gasteiger partial charge in [-0.2, -0.15) is 5.10 Å². The molecule has 18 heteroatoms. The van der Waals surface area contributed by atoms with Gasteiger partial charge in [0, 0.05) is 64.2 Å². The first kappa shape index (κ1) is 41.6. The number of likely N-dealkylation sites (tertiary alicyclic amines) is 1. The van der Waals surface area contributed by atoms with Crippen LogP contribution in [0.5, 0.6) is 0 Å². The Kier molecular flexibility index (Phi) is 12.0. The lowest BCUT2D eigenvalue weighted by Gasteiger charge is -2.31. The summed E-state index contributed by atoms with van der Waals surface area (Å²) >= 11 is 0. The van der Waals surface area contributed by atoms with E-state index >= 15 is 0 Å².